The van der Waals surface area contributed by atoms with Crippen LogP contribution in [0.5, 0.6) is 0 Å². The van der Waals surface area contributed by atoms with E-state index in [0.717, 1.165) is 36.4 Å². The number of dihydropyridines is 1. The van der Waals surface area contributed by atoms with Crippen molar-refractivity contribution in [2.75, 3.05) is 6.54 Å². The summed E-state index contributed by atoms with van der Waals surface area (Å²) in [6, 6.07) is 0. The largest absolute Gasteiger partial charge is 0.342 e. The Balaban J connectivity index is 1.88. The second-order valence-corrected chi connectivity index (χ2v) is 9.08. The Kier molecular flexibility index (Phi) is 3.14. The highest BCUT2D eigenvalue weighted by Crippen LogP contribution is 2.58. The molecule has 0 aromatic heterocycles. The molecule has 0 radical (unpaired) electrons. The summed E-state index contributed by atoms with van der Waals surface area (Å²) < 4.78 is 0. The topological polar surface area (TPSA) is 53.8 Å². The van der Waals surface area contributed by atoms with E-state index >= 15 is 0 Å². The molecule has 0 aromatic carbocycles. The third kappa shape index (κ3) is 2.21. The maximum Gasteiger partial charge on any atom is 0.162 e. The zero-order chi connectivity index (χ0) is 16.4. The van der Waals surface area contributed by atoms with E-state index in [1.54, 1.807) is 0 Å². The van der Waals surface area contributed by atoms with Crippen LogP contribution in [0, 0.1) is 22.7 Å². The van der Waals surface area contributed by atoms with Gasteiger partial charge in [-0.05, 0) is 42.9 Å². The number of allylic oxidation sites excluding steroid dienone is 2. The second kappa shape index (κ2) is 4.78. The predicted octanol–water partition coefficient (Wildman–Crippen LogP) is 4.35. The Morgan fingerprint density at radius 2 is 1.83 bits per heavy atom. The zero-order valence-corrected chi connectivity index (χ0v) is 14.7. The average Bonchev–Trinajstić information content (AvgIpc) is 2.83. The highest BCUT2D eigenvalue weighted by Gasteiger charge is 2.53. The number of nitrogens with zero attached hydrogens (tertiary/aromatic N) is 2. The van der Waals surface area contributed by atoms with Gasteiger partial charge in [-0.3, -0.25) is 4.79 Å². The van der Waals surface area contributed by atoms with Crippen molar-refractivity contribution in [3.05, 3.63) is 22.7 Å². The van der Waals surface area contributed by atoms with Crippen LogP contribution in [0.2, 0.25) is 0 Å². The number of fused-ring (bicyclic) bond motifs is 2. The first-order chi connectivity index (χ1) is 10.8. The van der Waals surface area contributed by atoms with E-state index in [-0.39, 0.29) is 10.8 Å². The molecule has 0 saturated heterocycles. The van der Waals surface area contributed by atoms with Gasteiger partial charge < -0.3 is 5.32 Å². The van der Waals surface area contributed by atoms with Gasteiger partial charge in [-0.1, -0.05) is 27.7 Å². The van der Waals surface area contributed by atoms with E-state index in [2.05, 4.69) is 43.2 Å². The summed E-state index contributed by atoms with van der Waals surface area (Å²) in [5.41, 5.74) is 3.42. The molecule has 1 spiro atoms. The molecule has 4 rings (SSSR count). The molecule has 124 valence electrons. The fraction of sp³-hybridized carbons (Fsp3) is 0.737. The first-order valence-electron chi connectivity index (χ1n) is 8.96. The maximum absolute atomic E-state index is 13.1. The minimum Gasteiger partial charge on any atom is -0.342 e. The van der Waals surface area contributed by atoms with E-state index < -0.39 is 0 Å². The molecule has 0 bridgehead atoms. The number of Topliss-reactive ketones (excluding diaryl/α,β-unsaturated/α-hetero) is 1. The van der Waals surface area contributed by atoms with Crippen LogP contribution in [-0.4, -0.2) is 12.3 Å². The number of carbonyl (C=O) groups is 1. The van der Waals surface area contributed by atoms with Crippen molar-refractivity contribution in [3.63, 3.8) is 0 Å². The van der Waals surface area contributed by atoms with Gasteiger partial charge in [-0.15, -0.1) is 5.11 Å². The van der Waals surface area contributed by atoms with Crippen LogP contribution >= 0.6 is 0 Å². The van der Waals surface area contributed by atoms with Crippen LogP contribution in [0.25, 0.3) is 0 Å². The highest BCUT2D eigenvalue weighted by molar-refractivity contribution is 6.00. The summed E-state index contributed by atoms with van der Waals surface area (Å²) in [6.45, 7) is 9.71. The number of carbonyl (C=O) groups excluding carboxylic acids is 1. The van der Waals surface area contributed by atoms with E-state index in [1.165, 1.54) is 12.0 Å². The Morgan fingerprint density at radius 3 is 2.52 bits per heavy atom. The Morgan fingerprint density at radius 1 is 1.13 bits per heavy atom. The molecule has 3 atom stereocenters. The van der Waals surface area contributed by atoms with Gasteiger partial charge in [0.05, 0.1) is 6.54 Å². The standard InChI is InChI=1S/C19H27N3O/c1-11-5-12(2)7-19(6-11)13-10-20-22-17(13)21-14-8-18(3,4)9-15(23)16(14)19/h11-12,21H,5-10H2,1-4H3/t11-,12+,19?. The van der Waals surface area contributed by atoms with Gasteiger partial charge >= 0.3 is 0 Å². The first kappa shape index (κ1) is 15.1. The van der Waals surface area contributed by atoms with Crippen LogP contribution in [0.3, 0.4) is 0 Å². The monoisotopic (exact) mass is 313 g/mol. The number of rotatable bonds is 0. The molecule has 1 unspecified atom stereocenters. The molecule has 1 saturated carbocycles. The smallest absolute Gasteiger partial charge is 0.162 e. The van der Waals surface area contributed by atoms with Crippen molar-refractivity contribution in [1.82, 2.24) is 5.32 Å². The lowest BCUT2D eigenvalue weighted by molar-refractivity contribution is -0.119. The van der Waals surface area contributed by atoms with Gasteiger partial charge in [0.15, 0.2) is 11.6 Å². The number of ketones is 1. The number of hydrogen-bond acceptors (Lipinski definition) is 4. The SMILES string of the molecule is C[C@@H]1C[C@H](C)CC2(C1)C1=C(N=NC1)NC1=C2C(=O)CC(C)(C)C1. The zero-order valence-electron chi connectivity index (χ0n) is 14.7. The van der Waals surface area contributed by atoms with Crippen LogP contribution in [-0.2, 0) is 4.79 Å². The molecule has 4 nitrogen and oxygen atoms in total. The van der Waals surface area contributed by atoms with Crippen LogP contribution in [0.15, 0.2) is 32.9 Å². The summed E-state index contributed by atoms with van der Waals surface area (Å²) in [5.74, 6) is 2.57. The minimum absolute atomic E-state index is 0.0316. The lowest BCUT2D eigenvalue weighted by Gasteiger charge is -2.50. The van der Waals surface area contributed by atoms with Crippen molar-refractivity contribution >= 4 is 5.78 Å². The molecular weight excluding hydrogens is 286 g/mol. The molecule has 1 fully saturated rings. The second-order valence-electron chi connectivity index (χ2n) is 9.08. The summed E-state index contributed by atoms with van der Waals surface area (Å²) in [4.78, 5) is 13.1. The van der Waals surface area contributed by atoms with Gasteiger partial charge in [0.25, 0.3) is 0 Å². The van der Waals surface area contributed by atoms with Gasteiger partial charge in [-0.25, -0.2) is 0 Å². The lowest BCUT2D eigenvalue weighted by Crippen LogP contribution is -2.47. The van der Waals surface area contributed by atoms with Crippen molar-refractivity contribution in [2.24, 2.45) is 32.9 Å². The van der Waals surface area contributed by atoms with E-state index in [4.69, 9.17) is 0 Å². The van der Waals surface area contributed by atoms with Crippen LogP contribution < -0.4 is 5.32 Å². The summed E-state index contributed by atoms with van der Waals surface area (Å²) >= 11 is 0. The lowest BCUT2D eigenvalue weighted by atomic mass is 9.55. The molecule has 2 aliphatic carbocycles. The van der Waals surface area contributed by atoms with Crippen LogP contribution in [0.4, 0.5) is 0 Å². The van der Waals surface area contributed by atoms with Crippen molar-refractivity contribution in [2.45, 2.75) is 59.8 Å². The molecule has 1 N–H and O–H groups in total. The Hall–Kier alpha value is -1.45. The van der Waals surface area contributed by atoms with Crippen molar-refractivity contribution < 1.29 is 4.79 Å². The molecule has 0 amide bonds. The highest BCUT2D eigenvalue weighted by atomic mass is 16.1. The fourth-order valence-electron chi connectivity index (χ4n) is 5.64. The number of hydrogen-bond donors (Lipinski definition) is 1. The van der Waals surface area contributed by atoms with Crippen LogP contribution in [0.1, 0.15) is 59.8 Å². The van der Waals surface area contributed by atoms with E-state index in [1.807, 2.05) is 0 Å². The van der Waals surface area contributed by atoms with Gasteiger partial charge in [-0.2, -0.15) is 5.11 Å². The molecule has 2 aliphatic heterocycles. The number of azo groups is 1. The number of nitrogens with one attached hydrogen (secondary N) is 1. The van der Waals surface area contributed by atoms with E-state index in [9.17, 15) is 4.79 Å². The van der Waals surface area contributed by atoms with Crippen molar-refractivity contribution in [3.8, 4) is 0 Å². The molecule has 4 aliphatic rings. The third-order valence-corrected chi connectivity index (χ3v) is 6.08. The first-order valence-corrected chi connectivity index (χ1v) is 8.96. The fourth-order valence-corrected chi connectivity index (χ4v) is 5.64. The third-order valence-electron chi connectivity index (χ3n) is 6.08. The predicted molar refractivity (Wildman–Crippen MR) is 89.5 cm³/mol. The van der Waals surface area contributed by atoms with Gasteiger partial charge in [0.2, 0.25) is 0 Å². The summed E-state index contributed by atoms with van der Waals surface area (Å²) in [7, 11) is 0. The van der Waals surface area contributed by atoms with Gasteiger partial charge in [0.1, 0.15) is 0 Å². The molecule has 4 heteroatoms. The quantitative estimate of drug-likeness (QED) is 0.722. The van der Waals surface area contributed by atoms with Gasteiger partial charge in [0, 0.05) is 28.7 Å². The minimum atomic E-state index is -0.107. The Labute approximate surface area is 138 Å². The average molecular weight is 313 g/mol. The molecule has 23 heavy (non-hydrogen) atoms. The summed E-state index contributed by atoms with van der Waals surface area (Å²) in [6.07, 6.45) is 5.01. The molecule has 2 heterocycles. The molecular formula is C19H27N3O. The summed E-state index contributed by atoms with van der Waals surface area (Å²) in [5, 5.41) is 12.1. The Bertz CT molecular complexity index is 658. The normalized spacial score (nSPS) is 38.7. The van der Waals surface area contributed by atoms with E-state index in [0.29, 0.717) is 30.6 Å². The maximum atomic E-state index is 13.1. The molecule has 0 aromatic rings. The van der Waals surface area contributed by atoms with Crippen molar-refractivity contribution in [1.29, 1.82) is 0 Å².